The third-order valence-electron chi connectivity index (χ3n) is 6.46. The molecule has 0 atom stereocenters. The number of hydrogen-bond acceptors (Lipinski definition) is 4. The van der Waals surface area contributed by atoms with Gasteiger partial charge in [0.25, 0.3) is 0 Å². The lowest BCUT2D eigenvalue weighted by Gasteiger charge is -2.25. The van der Waals surface area contributed by atoms with E-state index in [0.717, 1.165) is 43.6 Å². The number of fused-ring (bicyclic) bond motifs is 1. The smallest absolute Gasteiger partial charge is 0.235 e. The van der Waals surface area contributed by atoms with Crippen LogP contribution >= 0.6 is 11.8 Å². The van der Waals surface area contributed by atoms with E-state index in [2.05, 4.69) is 50.4 Å². The third kappa shape index (κ3) is 5.22. The minimum Gasteiger partial charge on any atom is -0.320 e. The first-order valence-corrected chi connectivity index (χ1v) is 12.9. The zero-order valence-corrected chi connectivity index (χ0v) is 20.0. The van der Waals surface area contributed by atoms with Crippen LogP contribution in [0.1, 0.15) is 49.5 Å². The van der Waals surface area contributed by atoms with E-state index >= 15 is 0 Å². The normalized spacial score (nSPS) is 14.3. The summed E-state index contributed by atoms with van der Waals surface area (Å²) in [4.78, 5) is 12.5. The molecule has 1 aliphatic carbocycles. The van der Waals surface area contributed by atoms with E-state index in [9.17, 15) is 13.6 Å². The molecule has 3 aromatic carbocycles. The molecule has 1 aliphatic rings. The number of carbonyl (C=O) groups is 1. The summed E-state index contributed by atoms with van der Waals surface area (Å²) in [5, 5.41) is 14.3. The maximum Gasteiger partial charge on any atom is 0.235 e. The Morgan fingerprint density at radius 1 is 0.943 bits per heavy atom. The number of halogens is 2. The minimum atomic E-state index is -0.800. The number of benzene rings is 3. The fourth-order valence-electron chi connectivity index (χ4n) is 4.77. The van der Waals surface area contributed by atoms with Crippen molar-refractivity contribution in [3.63, 3.8) is 0 Å². The Bertz CT molecular complexity index is 1320. The Morgan fingerprint density at radius 3 is 2.46 bits per heavy atom. The zero-order valence-electron chi connectivity index (χ0n) is 19.2. The van der Waals surface area contributed by atoms with Crippen molar-refractivity contribution in [3.8, 4) is 0 Å². The first-order valence-electron chi connectivity index (χ1n) is 11.9. The Morgan fingerprint density at radius 2 is 1.66 bits per heavy atom. The van der Waals surface area contributed by atoms with Gasteiger partial charge in [0.15, 0.2) is 5.16 Å². The topological polar surface area (TPSA) is 59.8 Å². The Labute approximate surface area is 206 Å². The minimum absolute atomic E-state index is 0.0209. The maximum atomic E-state index is 13.9. The summed E-state index contributed by atoms with van der Waals surface area (Å²) in [6, 6.07) is 18.3. The summed E-state index contributed by atoms with van der Waals surface area (Å²) < 4.78 is 30.0. The van der Waals surface area contributed by atoms with Crippen LogP contribution in [0.5, 0.6) is 0 Å². The lowest BCUT2D eigenvalue weighted by Crippen LogP contribution is -2.19. The van der Waals surface area contributed by atoms with Crippen molar-refractivity contribution < 1.29 is 13.6 Å². The predicted molar refractivity (Wildman–Crippen MR) is 135 cm³/mol. The van der Waals surface area contributed by atoms with Gasteiger partial charge in [0.1, 0.15) is 23.1 Å². The fraction of sp³-hybridized carbons (Fsp3) is 0.296. The van der Waals surface area contributed by atoms with Gasteiger partial charge in [-0.15, -0.1) is 10.2 Å². The number of amides is 1. The molecule has 1 saturated carbocycles. The van der Waals surface area contributed by atoms with Crippen molar-refractivity contribution >= 4 is 34.1 Å². The number of nitrogens with one attached hydrogen (secondary N) is 1. The second-order valence-corrected chi connectivity index (χ2v) is 9.75. The molecule has 35 heavy (non-hydrogen) atoms. The number of aromatic nitrogens is 3. The van der Waals surface area contributed by atoms with E-state index in [0.29, 0.717) is 11.6 Å². The van der Waals surface area contributed by atoms with E-state index in [1.54, 1.807) is 0 Å². The number of rotatable bonds is 7. The van der Waals surface area contributed by atoms with E-state index in [1.165, 1.54) is 40.6 Å². The summed E-state index contributed by atoms with van der Waals surface area (Å²) in [6.07, 6.45) is 6.23. The monoisotopic (exact) mass is 492 g/mol. The average molecular weight is 493 g/mol. The van der Waals surface area contributed by atoms with Crippen LogP contribution in [-0.2, 0) is 11.2 Å². The standard InChI is InChI=1S/C27H26F2N4OS/c28-22-14-7-15-23(29)26(22)30-25(34)17-35-27-32-31-24(33(27)20-11-2-1-3-12-20)16-19-10-6-9-18-8-4-5-13-21(18)19/h4-10,13-15,20H,1-3,11-12,16-17H2,(H,30,34). The number of anilines is 1. The van der Waals surface area contributed by atoms with E-state index in [4.69, 9.17) is 0 Å². The van der Waals surface area contributed by atoms with Crippen LogP contribution in [0, 0.1) is 11.6 Å². The molecule has 8 heteroatoms. The molecule has 1 aromatic heterocycles. The van der Waals surface area contributed by atoms with Crippen LogP contribution in [-0.4, -0.2) is 26.4 Å². The number of carbonyl (C=O) groups excluding carboxylic acids is 1. The molecule has 1 fully saturated rings. The highest BCUT2D eigenvalue weighted by Gasteiger charge is 2.24. The first-order chi connectivity index (χ1) is 17.1. The number of thioether (sulfide) groups is 1. The molecule has 1 N–H and O–H groups in total. The largest absolute Gasteiger partial charge is 0.320 e. The SMILES string of the molecule is O=C(CSc1nnc(Cc2cccc3ccccc23)n1C1CCCCC1)Nc1c(F)cccc1F. The molecule has 0 unspecified atom stereocenters. The van der Waals surface area contributed by atoms with Crippen molar-refractivity contribution in [2.24, 2.45) is 0 Å². The number of hydrogen-bond donors (Lipinski definition) is 1. The van der Waals surface area contributed by atoms with Gasteiger partial charge in [0, 0.05) is 12.5 Å². The Balaban J connectivity index is 1.38. The molecule has 5 nitrogen and oxygen atoms in total. The molecule has 0 bridgehead atoms. The summed E-state index contributed by atoms with van der Waals surface area (Å²) in [6.45, 7) is 0. The quantitative estimate of drug-likeness (QED) is 0.298. The van der Waals surface area contributed by atoms with Gasteiger partial charge in [-0.2, -0.15) is 0 Å². The van der Waals surface area contributed by atoms with Crippen molar-refractivity contribution in [1.29, 1.82) is 0 Å². The lowest BCUT2D eigenvalue weighted by molar-refractivity contribution is -0.113. The van der Waals surface area contributed by atoms with Crippen LogP contribution in [0.3, 0.4) is 0 Å². The van der Waals surface area contributed by atoms with Crippen molar-refractivity contribution in [2.45, 2.75) is 49.7 Å². The van der Waals surface area contributed by atoms with Crippen molar-refractivity contribution in [1.82, 2.24) is 14.8 Å². The van der Waals surface area contributed by atoms with Crippen LogP contribution in [0.4, 0.5) is 14.5 Å². The summed E-state index contributed by atoms with van der Waals surface area (Å²) >= 11 is 1.25. The van der Waals surface area contributed by atoms with Crippen molar-refractivity contribution in [3.05, 3.63) is 83.7 Å². The Kier molecular flexibility index (Phi) is 7.08. The molecule has 1 heterocycles. The second-order valence-electron chi connectivity index (χ2n) is 8.81. The summed E-state index contributed by atoms with van der Waals surface area (Å²) in [5.74, 6) is -1.24. The highest BCUT2D eigenvalue weighted by Crippen LogP contribution is 2.34. The first kappa shape index (κ1) is 23.5. The van der Waals surface area contributed by atoms with Gasteiger partial charge < -0.3 is 9.88 Å². The van der Waals surface area contributed by atoms with Crippen LogP contribution in [0.15, 0.2) is 65.8 Å². The molecule has 180 valence electrons. The second kappa shape index (κ2) is 10.6. The zero-order chi connectivity index (χ0) is 24.2. The molecule has 5 rings (SSSR count). The summed E-state index contributed by atoms with van der Waals surface area (Å²) in [7, 11) is 0. The fourth-order valence-corrected chi connectivity index (χ4v) is 5.60. The Hall–Kier alpha value is -3.26. The molecule has 1 amide bonds. The number of para-hydroxylation sites is 1. The van der Waals surface area contributed by atoms with Crippen LogP contribution in [0.25, 0.3) is 10.8 Å². The molecular weight excluding hydrogens is 466 g/mol. The van der Waals surface area contributed by atoms with E-state index in [-0.39, 0.29) is 11.8 Å². The predicted octanol–water partition coefficient (Wildman–Crippen LogP) is 6.54. The third-order valence-corrected chi connectivity index (χ3v) is 7.41. The van der Waals surface area contributed by atoms with Gasteiger partial charge in [-0.05, 0) is 41.3 Å². The van der Waals surface area contributed by atoms with Crippen LogP contribution in [0.2, 0.25) is 0 Å². The van der Waals surface area contributed by atoms with E-state index < -0.39 is 23.2 Å². The van der Waals surface area contributed by atoms with Gasteiger partial charge in [-0.1, -0.05) is 79.6 Å². The molecule has 0 spiro atoms. The molecule has 0 saturated heterocycles. The van der Waals surface area contributed by atoms with Gasteiger partial charge in [0.05, 0.1) is 5.75 Å². The highest BCUT2D eigenvalue weighted by molar-refractivity contribution is 7.99. The van der Waals surface area contributed by atoms with Gasteiger partial charge >= 0.3 is 0 Å². The average Bonchev–Trinajstić information content (AvgIpc) is 3.28. The number of nitrogens with zero attached hydrogens (tertiary/aromatic N) is 3. The maximum absolute atomic E-state index is 13.9. The van der Waals surface area contributed by atoms with Gasteiger partial charge in [0.2, 0.25) is 5.91 Å². The van der Waals surface area contributed by atoms with Crippen molar-refractivity contribution in [2.75, 3.05) is 11.1 Å². The van der Waals surface area contributed by atoms with Gasteiger partial charge in [-0.3, -0.25) is 4.79 Å². The molecule has 0 radical (unpaired) electrons. The molecule has 4 aromatic rings. The van der Waals surface area contributed by atoms with E-state index in [1.807, 2.05) is 12.1 Å². The van der Waals surface area contributed by atoms with Crippen LogP contribution < -0.4 is 5.32 Å². The highest BCUT2D eigenvalue weighted by atomic mass is 32.2. The molecule has 0 aliphatic heterocycles. The van der Waals surface area contributed by atoms with Gasteiger partial charge in [-0.25, -0.2) is 8.78 Å². The summed E-state index contributed by atoms with van der Waals surface area (Å²) in [5.41, 5.74) is 0.750. The lowest BCUT2D eigenvalue weighted by atomic mass is 9.95. The molecular formula is C27H26F2N4OS.